The molecule has 13 heteroatoms. The smallest absolute Gasteiger partial charge is 0.416 e. The molecule has 0 saturated carbocycles. The number of amides is 1. The van der Waals surface area contributed by atoms with Gasteiger partial charge in [-0.15, -0.1) is 0 Å². The van der Waals surface area contributed by atoms with Gasteiger partial charge in [0.15, 0.2) is 0 Å². The molecule has 3 aromatic carbocycles. The summed E-state index contributed by atoms with van der Waals surface area (Å²) in [4.78, 5) is 12.8. The van der Waals surface area contributed by atoms with Crippen LogP contribution in [-0.2, 0) is 33.6 Å². The highest BCUT2D eigenvalue weighted by Gasteiger charge is 2.37. The standard InChI is InChI=1S/C25H22F6N2O4S/c1-2-37-20-8-10-21(11-9-20)38(35,36)33-22(12-16-6-4-3-5-7-16)23(34)32-19-14-17(24(26,27)28)13-18(15-19)25(29,30)31/h3-11,13-15,22,33H,2,12H2,1H3,(H,32,34)/t22-/m1/s1. The van der Waals surface area contributed by atoms with Crippen LogP contribution in [0.3, 0.4) is 0 Å². The number of ether oxygens (including phenoxy) is 1. The van der Waals surface area contributed by atoms with E-state index in [4.69, 9.17) is 4.74 Å². The molecule has 1 atom stereocenters. The van der Waals surface area contributed by atoms with E-state index in [0.717, 1.165) is 0 Å². The van der Waals surface area contributed by atoms with Crippen LogP contribution in [0.4, 0.5) is 32.0 Å². The summed E-state index contributed by atoms with van der Waals surface area (Å²) in [6, 6.07) is 12.3. The van der Waals surface area contributed by atoms with E-state index >= 15 is 0 Å². The molecular formula is C25H22F6N2O4S. The van der Waals surface area contributed by atoms with E-state index in [2.05, 4.69) is 4.72 Å². The van der Waals surface area contributed by atoms with E-state index in [1.54, 1.807) is 37.3 Å². The van der Waals surface area contributed by atoms with Crippen LogP contribution in [-0.4, -0.2) is 27.0 Å². The Balaban J connectivity index is 1.94. The van der Waals surface area contributed by atoms with Crippen molar-refractivity contribution >= 4 is 21.6 Å². The monoisotopic (exact) mass is 560 g/mol. The second-order valence-corrected chi connectivity index (χ2v) is 9.77. The van der Waals surface area contributed by atoms with Crippen molar-refractivity contribution in [1.29, 1.82) is 0 Å². The van der Waals surface area contributed by atoms with Crippen LogP contribution in [0.15, 0.2) is 77.7 Å². The average Bonchev–Trinajstić information content (AvgIpc) is 2.83. The highest BCUT2D eigenvalue weighted by Crippen LogP contribution is 2.37. The summed E-state index contributed by atoms with van der Waals surface area (Å²) in [5.74, 6) is -0.758. The van der Waals surface area contributed by atoms with Gasteiger partial charge in [0.05, 0.1) is 22.6 Å². The van der Waals surface area contributed by atoms with Gasteiger partial charge in [0.25, 0.3) is 0 Å². The summed E-state index contributed by atoms with van der Waals surface area (Å²) in [7, 11) is -4.34. The third-order valence-corrected chi connectivity index (χ3v) is 6.68. The first kappa shape index (κ1) is 29.0. The van der Waals surface area contributed by atoms with Crippen molar-refractivity contribution in [1.82, 2.24) is 4.72 Å². The van der Waals surface area contributed by atoms with Crippen molar-refractivity contribution < 1.29 is 44.3 Å². The first-order chi connectivity index (χ1) is 17.7. The Morgan fingerprint density at radius 3 is 1.92 bits per heavy atom. The number of nitrogens with one attached hydrogen (secondary N) is 2. The van der Waals surface area contributed by atoms with Crippen LogP contribution in [0.5, 0.6) is 5.75 Å². The summed E-state index contributed by atoms with van der Waals surface area (Å²) in [5.41, 5.74) is -3.56. The van der Waals surface area contributed by atoms with Gasteiger partial charge in [0.1, 0.15) is 11.8 Å². The Morgan fingerprint density at radius 2 is 1.42 bits per heavy atom. The van der Waals surface area contributed by atoms with E-state index in [0.29, 0.717) is 30.1 Å². The minimum absolute atomic E-state index is 0.0776. The molecule has 2 N–H and O–H groups in total. The lowest BCUT2D eigenvalue weighted by Gasteiger charge is -2.20. The van der Waals surface area contributed by atoms with Gasteiger partial charge in [0, 0.05) is 5.69 Å². The maximum absolute atomic E-state index is 13.2. The Morgan fingerprint density at radius 1 is 0.868 bits per heavy atom. The highest BCUT2D eigenvalue weighted by molar-refractivity contribution is 7.89. The van der Waals surface area contributed by atoms with Gasteiger partial charge in [-0.1, -0.05) is 30.3 Å². The minimum atomic E-state index is -5.13. The Bertz CT molecular complexity index is 1330. The maximum Gasteiger partial charge on any atom is 0.416 e. The van der Waals surface area contributed by atoms with Gasteiger partial charge in [0.2, 0.25) is 15.9 Å². The molecule has 0 unspecified atom stereocenters. The number of sulfonamides is 1. The number of anilines is 1. The van der Waals surface area contributed by atoms with Crippen molar-refractivity contribution in [3.63, 3.8) is 0 Å². The molecule has 0 fully saturated rings. The summed E-state index contributed by atoms with van der Waals surface area (Å²) in [6.07, 6.45) is -10.5. The van der Waals surface area contributed by atoms with Crippen LogP contribution < -0.4 is 14.8 Å². The van der Waals surface area contributed by atoms with Gasteiger partial charge >= 0.3 is 12.4 Å². The predicted octanol–water partition coefficient (Wildman–Crippen LogP) is 5.65. The number of alkyl halides is 6. The number of benzene rings is 3. The molecule has 0 saturated heterocycles. The fourth-order valence-electron chi connectivity index (χ4n) is 3.43. The predicted molar refractivity (Wildman–Crippen MR) is 127 cm³/mol. The summed E-state index contributed by atoms with van der Waals surface area (Å²) < 4.78 is 113. The first-order valence-corrected chi connectivity index (χ1v) is 12.6. The normalized spacial score (nSPS) is 13.1. The number of hydrogen-bond acceptors (Lipinski definition) is 4. The van der Waals surface area contributed by atoms with Gasteiger partial charge in [-0.05, 0) is 61.4 Å². The largest absolute Gasteiger partial charge is 0.494 e. The molecule has 0 spiro atoms. The van der Waals surface area contributed by atoms with Crippen molar-refractivity contribution in [2.75, 3.05) is 11.9 Å². The summed E-state index contributed by atoms with van der Waals surface area (Å²) in [5, 5.41) is 2.00. The van der Waals surface area contributed by atoms with Crippen LogP contribution in [0, 0.1) is 0 Å². The Labute approximate surface area is 214 Å². The molecule has 0 heterocycles. The van der Waals surface area contributed by atoms with Gasteiger partial charge in [-0.2, -0.15) is 31.1 Å². The molecule has 1 amide bonds. The van der Waals surface area contributed by atoms with Crippen molar-refractivity contribution in [3.8, 4) is 5.75 Å². The van der Waals surface area contributed by atoms with Crippen LogP contribution in [0.25, 0.3) is 0 Å². The minimum Gasteiger partial charge on any atom is -0.494 e. The van der Waals surface area contributed by atoms with Gasteiger partial charge < -0.3 is 10.1 Å². The third kappa shape index (κ3) is 7.71. The lowest BCUT2D eigenvalue weighted by atomic mass is 10.1. The maximum atomic E-state index is 13.2. The van der Waals surface area contributed by atoms with E-state index < -0.39 is 51.1 Å². The van der Waals surface area contributed by atoms with Crippen molar-refractivity contribution in [3.05, 3.63) is 89.5 Å². The Kier molecular flexibility index (Phi) is 8.72. The van der Waals surface area contributed by atoms with Gasteiger partial charge in [-0.3, -0.25) is 4.79 Å². The molecule has 0 radical (unpaired) electrons. The topological polar surface area (TPSA) is 84.5 Å². The number of halogens is 6. The molecule has 0 bridgehead atoms. The molecule has 6 nitrogen and oxygen atoms in total. The molecule has 3 aromatic rings. The summed E-state index contributed by atoms with van der Waals surface area (Å²) in [6.45, 7) is 2.08. The molecule has 0 aliphatic rings. The second kappa shape index (κ2) is 11.4. The molecular weight excluding hydrogens is 538 g/mol. The van der Waals surface area contributed by atoms with Crippen molar-refractivity contribution in [2.45, 2.75) is 36.6 Å². The zero-order valence-electron chi connectivity index (χ0n) is 19.7. The quantitative estimate of drug-likeness (QED) is 0.332. The van der Waals surface area contributed by atoms with E-state index in [9.17, 15) is 39.6 Å². The zero-order chi connectivity index (χ0) is 28.1. The average molecular weight is 561 g/mol. The second-order valence-electron chi connectivity index (χ2n) is 8.05. The fraction of sp³-hybridized carbons (Fsp3) is 0.240. The number of carbonyl (C=O) groups is 1. The zero-order valence-corrected chi connectivity index (χ0v) is 20.5. The van der Waals surface area contributed by atoms with Crippen LogP contribution in [0.1, 0.15) is 23.6 Å². The van der Waals surface area contributed by atoms with Crippen molar-refractivity contribution in [2.24, 2.45) is 0 Å². The Hall–Kier alpha value is -3.58. The molecule has 0 aliphatic heterocycles. The van der Waals surface area contributed by atoms with Crippen LogP contribution >= 0.6 is 0 Å². The fourth-order valence-corrected chi connectivity index (χ4v) is 4.63. The summed E-state index contributed by atoms with van der Waals surface area (Å²) >= 11 is 0. The lowest BCUT2D eigenvalue weighted by molar-refractivity contribution is -0.143. The van der Waals surface area contributed by atoms with Gasteiger partial charge in [-0.25, -0.2) is 8.42 Å². The van der Waals surface area contributed by atoms with Crippen LogP contribution in [0.2, 0.25) is 0 Å². The first-order valence-electron chi connectivity index (χ1n) is 11.1. The molecule has 3 rings (SSSR count). The molecule has 0 aliphatic carbocycles. The SMILES string of the molecule is CCOc1ccc(S(=O)(=O)N[C@H](Cc2ccccc2)C(=O)Nc2cc(C(F)(F)F)cc(C(F)(F)F)c2)cc1. The number of carbonyl (C=O) groups excluding carboxylic acids is 1. The highest BCUT2D eigenvalue weighted by atomic mass is 32.2. The van der Waals surface area contributed by atoms with E-state index in [1.165, 1.54) is 24.3 Å². The third-order valence-electron chi connectivity index (χ3n) is 5.20. The molecule has 0 aromatic heterocycles. The molecule has 38 heavy (non-hydrogen) atoms. The number of hydrogen-bond donors (Lipinski definition) is 2. The molecule has 204 valence electrons. The van der Waals surface area contributed by atoms with E-state index in [1.807, 2.05) is 5.32 Å². The van der Waals surface area contributed by atoms with E-state index in [-0.39, 0.29) is 17.4 Å². The number of rotatable bonds is 9. The lowest BCUT2D eigenvalue weighted by Crippen LogP contribution is -2.45.